The van der Waals surface area contributed by atoms with Crippen LogP contribution in [0.2, 0.25) is 0 Å². The molecule has 0 spiro atoms. The van der Waals surface area contributed by atoms with E-state index in [9.17, 15) is 8.42 Å². The Kier molecular flexibility index (Phi) is 11.3. The van der Waals surface area contributed by atoms with Crippen LogP contribution < -0.4 is 10.6 Å². The third kappa shape index (κ3) is 9.16. The summed E-state index contributed by atoms with van der Waals surface area (Å²) in [4.78, 5) is 5.00. The molecular weight excluding hydrogens is 497 g/mol. The molecule has 0 bridgehead atoms. The van der Waals surface area contributed by atoms with Crippen molar-refractivity contribution in [2.75, 3.05) is 25.9 Å². The lowest BCUT2D eigenvalue weighted by molar-refractivity contribution is 0.602. The van der Waals surface area contributed by atoms with E-state index in [0.717, 1.165) is 50.4 Å². The molecule has 0 amide bonds. The predicted molar refractivity (Wildman–Crippen MR) is 132 cm³/mol. The van der Waals surface area contributed by atoms with Gasteiger partial charge in [0.2, 0.25) is 0 Å². The topological polar surface area (TPSA) is 70.6 Å². The van der Waals surface area contributed by atoms with Gasteiger partial charge in [0.15, 0.2) is 15.8 Å². The SMILES string of the molecule is CCNC(=NCCc1ccc(CC)cc1)NCCc1ccc(S(C)(=O)=O)cc1.I. The fraction of sp³-hybridized carbons (Fsp3) is 0.409. The molecule has 2 aromatic carbocycles. The zero-order valence-electron chi connectivity index (χ0n) is 17.4. The van der Waals surface area contributed by atoms with Gasteiger partial charge in [0.25, 0.3) is 0 Å². The monoisotopic (exact) mass is 529 g/mol. The number of sulfone groups is 1. The number of hydrogen-bond donors (Lipinski definition) is 2. The second-order valence-electron chi connectivity index (χ2n) is 6.77. The van der Waals surface area contributed by atoms with E-state index in [1.165, 1.54) is 17.4 Å². The second kappa shape index (κ2) is 12.8. The summed E-state index contributed by atoms with van der Waals surface area (Å²) in [5.41, 5.74) is 3.74. The normalized spacial score (nSPS) is 11.6. The van der Waals surface area contributed by atoms with Crippen LogP contribution in [0.3, 0.4) is 0 Å². The second-order valence-corrected chi connectivity index (χ2v) is 8.79. The smallest absolute Gasteiger partial charge is 0.191 e. The van der Waals surface area contributed by atoms with Gasteiger partial charge in [-0.3, -0.25) is 4.99 Å². The molecule has 0 aliphatic rings. The summed E-state index contributed by atoms with van der Waals surface area (Å²) in [6.45, 7) is 6.47. The van der Waals surface area contributed by atoms with Crippen molar-refractivity contribution in [1.82, 2.24) is 10.6 Å². The van der Waals surface area contributed by atoms with Crippen LogP contribution in [0, 0.1) is 0 Å². The summed E-state index contributed by atoms with van der Waals surface area (Å²) in [5, 5.41) is 6.60. The van der Waals surface area contributed by atoms with Crippen LogP contribution >= 0.6 is 24.0 Å². The number of aliphatic imine (C=N–C) groups is 1. The van der Waals surface area contributed by atoms with Crippen LogP contribution in [0.15, 0.2) is 58.4 Å². The fourth-order valence-corrected chi connectivity index (χ4v) is 3.44. The van der Waals surface area contributed by atoms with Gasteiger partial charge in [-0.05, 0) is 55.0 Å². The molecule has 5 nitrogen and oxygen atoms in total. The zero-order chi connectivity index (χ0) is 20.4. The Balaban J connectivity index is 0.00000420. The van der Waals surface area contributed by atoms with Gasteiger partial charge in [-0.15, -0.1) is 24.0 Å². The van der Waals surface area contributed by atoms with E-state index in [2.05, 4.69) is 46.8 Å². The summed E-state index contributed by atoms with van der Waals surface area (Å²) in [5.74, 6) is 0.806. The van der Waals surface area contributed by atoms with Crippen molar-refractivity contribution in [3.8, 4) is 0 Å². The fourth-order valence-electron chi connectivity index (χ4n) is 2.81. The number of benzene rings is 2. The zero-order valence-corrected chi connectivity index (χ0v) is 20.6. The lowest BCUT2D eigenvalue weighted by Gasteiger charge is -2.11. The summed E-state index contributed by atoms with van der Waals surface area (Å²) in [6.07, 6.45) is 3.99. The van der Waals surface area contributed by atoms with Crippen LogP contribution in [0.25, 0.3) is 0 Å². The van der Waals surface area contributed by atoms with E-state index >= 15 is 0 Å². The Labute approximate surface area is 192 Å². The number of guanidine groups is 1. The summed E-state index contributed by atoms with van der Waals surface area (Å²) in [6, 6.07) is 15.8. The molecule has 0 aliphatic carbocycles. The molecule has 0 unspecified atom stereocenters. The first-order valence-electron chi connectivity index (χ1n) is 9.81. The minimum atomic E-state index is -3.14. The average molecular weight is 529 g/mol. The van der Waals surface area contributed by atoms with Crippen LogP contribution in [-0.2, 0) is 29.1 Å². The molecule has 0 aromatic heterocycles. The highest BCUT2D eigenvalue weighted by Gasteiger charge is 2.06. The largest absolute Gasteiger partial charge is 0.357 e. The quantitative estimate of drug-likeness (QED) is 0.296. The maximum atomic E-state index is 11.5. The molecule has 0 fully saturated rings. The van der Waals surface area contributed by atoms with Gasteiger partial charge in [-0.1, -0.05) is 43.3 Å². The Morgan fingerprint density at radius 3 is 1.97 bits per heavy atom. The van der Waals surface area contributed by atoms with Crippen molar-refractivity contribution < 1.29 is 8.42 Å². The third-order valence-corrected chi connectivity index (χ3v) is 5.63. The van der Waals surface area contributed by atoms with Crippen molar-refractivity contribution in [1.29, 1.82) is 0 Å². The molecule has 160 valence electrons. The molecule has 2 N–H and O–H groups in total. The standard InChI is InChI=1S/C22H31N3O2S.HI/c1-4-18-6-8-19(9-7-18)14-16-24-22(23-5-2)25-17-15-20-10-12-21(13-11-20)28(3,26)27;/h6-13H,4-5,14-17H2,1-3H3,(H2,23,24,25);1H. The van der Waals surface area contributed by atoms with Crippen LogP contribution in [0.4, 0.5) is 0 Å². The Morgan fingerprint density at radius 2 is 1.41 bits per heavy atom. The molecule has 0 radical (unpaired) electrons. The van der Waals surface area contributed by atoms with Crippen LogP contribution in [0.1, 0.15) is 30.5 Å². The van der Waals surface area contributed by atoms with Crippen LogP contribution in [0.5, 0.6) is 0 Å². The molecule has 0 saturated heterocycles. The van der Waals surface area contributed by atoms with Crippen LogP contribution in [-0.4, -0.2) is 40.3 Å². The first-order valence-corrected chi connectivity index (χ1v) is 11.7. The highest BCUT2D eigenvalue weighted by atomic mass is 127. The van der Waals surface area contributed by atoms with E-state index in [0.29, 0.717) is 4.90 Å². The summed E-state index contributed by atoms with van der Waals surface area (Å²) in [7, 11) is -3.14. The number of nitrogens with one attached hydrogen (secondary N) is 2. The molecule has 0 heterocycles. The lowest BCUT2D eigenvalue weighted by atomic mass is 10.1. The minimum Gasteiger partial charge on any atom is -0.357 e. The van der Waals surface area contributed by atoms with E-state index in [-0.39, 0.29) is 24.0 Å². The molecule has 2 rings (SSSR count). The number of hydrogen-bond acceptors (Lipinski definition) is 3. The van der Waals surface area contributed by atoms with E-state index in [1.807, 2.05) is 19.1 Å². The molecule has 0 aliphatic heterocycles. The molecule has 0 atom stereocenters. The Hall–Kier alpha value is -1.61. The molecule has 0 saturated carbocycles. The van der Waals surface area contributed by atoms with Gasteiger partial charge in [0.1, 0.15) is 0 Å². The van der Waals surface area contributed by atoms with Crippen molar-refractivity contribution in [2.24, 2.45) is 4.99 Å². The maximum Gasteiger partial charge on any atom is 0.191 e. The van der Waals surface area contributed by atoms with Gasteiger partial charge in [-0.25, -0.2) is 8.42 Å². The first kappa shape index (κ1) is 25.4. The van der Waals surface area contributed by atoms with Crippen molar-refractivity contribution >= 4 is 39.8 Å². The van der Waals surface area contributed by atoms with E-state index in [4.69, 9.17) is 0 Å². The number of nitrogens with zero attached hydrogens (tertiary/aromatic N) is 1. The van der Waals surface area contributed by atoms with Gasteiger partial charge in [0, 0.05) is 25.9 Å². The maximum absolute atomic E-state index is 11.5. The highest BCUT2D eigenvalue weighted by molar-refractivity contribution is 14.0. The van der Waals surface area contributed by atoms with Gasteiger partial charge >= 0.3 is 0 Å². The summed E-state index contributed by atoms with van der Waals surface area (Å²) >= 11 is 0. The Morgan fingerprint density at radius 1 is 0.862 bits per heavy atom. The van der Waals surface area contributed by atoms with Crippen molar-refractivity contribution in [3.63, 3.8) is 0 Å². The molecule has 2 aromatic rings. The van der Waals surface area contributed by atoms with E-state index in [1.54, 1.807) is 12.1 Å². The van der Waals surface area contributed by atoms with Gasteiger partial charge < -0.3 is 10.6 Å². The lowest BCUT2D eigenvalue weighted by Crippen LogP contribution is -2.38. The average Bonchev–Trinajstić information content (AvgIpc) is 2.68. The first-order chi connectivity index (χ1) is 13.4. The minimum absolute atomic E-state index is 0. The van der Waals surface area contributed by atoms with Crippen molar-refractivity contribution in [2.45, 2.75) is 38.0 Å². The highest BCUT2D eigenvalue weighted by Crippen LogP contribution is 2.10. The third-order valence-electron chi connectivity index (χ3n) is 4.50. The molecular formula is C22H32IN3O2S. The number of halogens is 1. The van der Waals surface area contributed by atoms with Crippen molar-refractivity contribution in [3.05, 3.63) is 65.2 Å². The number of rotatable bonds is 9. The molecule has 29 heavy (non-hydrogen) atoms. The van der Waals surface area contributed by atoms with E-state index < -0.39 is 9.84 Å². The summed E-state index contributed by atoms with van der Waals surface area (Å²) < 4.78 is 23.0. The number of aryl methyl sites for hydroxylation is 1. The predicted octanol–water partition coefficient (Wildman–Crippen LogP) is 3.61. The Bertz CT molecular complexity index is 864. The molecule has 7 heteroatoms. The van der Waals surface area contributed by atoms with Gasteiger partial charge in [0.05, 0.1) is 4.90 Å². The van der Waals surface area contributed by atoms with Gasteiger partial charge in [-0.2, -0.15) is 0 Å².